The number of halogens is 3. The number of hydrogen-bond acceptors (Lipinski definition) is 3. The lowest BCUT2D eigenvalue weighted by Gasteiger charge is -2.24. The van der Waals surface area contributed by atoms with Crippen molar-refractivity contribution in [3.05, 3.63) is 35.1 Å². The number of hydrogen-bond donors (Lipinski definition) is 0. The molecule has 0 aliphatic rings. The van der Waals surface area contributed by atoms with Gasteiger partial charge >= 0.3 is 8.80 Å². The van der Waals surface area contributed by atoms with Crippen LogP contribution in [0, 0.1) is 17.5 Å². The maximum absolute atomic E-state index is 13.0. The number of rotatable bonds is 5. The first kappa shape index (κ1) is 14.2. The van der Waals surface area contributed by atoms with Crippen molar-refractivity contribution in [2.75, 3.05) is 21.3 Å². The largest absolute Gasteiger partial charge is 0.504 e. The topological polar surface area (TPSA) is 27.7 Å². The highest BCUT2D eigenvalue weighted by molar-refractivity contribution is 6.60. The second kappa shape index (κ2) is 5.63. The molecule has 1 aromatic rings. The molecule has 17 heavy (non-hydrogen) atoms. The summed E-state index contributed by atoms with van der Waals surface area (Å²) < 4.78 is 54.1. The van der Waals surface area contributed by atoms with Crippen molar-refractivity contribution >= 4 is 8.80 Å². The summed E-state index contributed by atoms with van der Waals surface area (Å²) in [7, 11) is 1.18. The molecule has 7 heteroatoms. The van der Waals surface area contributed by atoms with E-state index in [1.807, 2.05) is 0 Å². The van der Waals surface area contributed by atoms with Crippen LogP contribution in [0.4, 0.5) is 13.2 Å². The van der Waals surface area contributed by atoms with E-state index in [9.17, 15) is 13.2 Å². The summed E-state index contributed by atoms with van der Waals surface area (Å²) in [4.78, 5) is 0. The summed E-state index contributed by atoms with van der Waals surface area (Å²) >= 11 is 0. The molecule has 0 bridgehead atoms. The van der Waals surface area contributed by atoms with Crippen molar-refractivity contribution < 1.29 is 26.4 Å². The zero-order chi connectivity index (χ0) is 13.1. The summed E-state index contributed by atoms with van der Waals surface area (Å²) in [5.41, 5.74) is 0.221. The van der Waals surface area contributed by atoms with Gasteiger partial charge in [-0.2, -0.15) is 0 Å². The van der Waals surface area contributed by atoms with Gasteiger partial charge in [-0.05, 0) is 17.7 Å². The Kier molecular flexibility index (Phi) is 4.69. The Morgan fingerprint density at radius 2 is 1.35 bits per heavy atom. The Morgan fingerprint density at radius 3 is 1.71 bits per heavy atom. The molecule has 0 spiro atoms. The summed E-state index contributed by atoms with van der Waals surface area (Å²) in [5, 5.41) is 0. The molecule has 0 radical (unpaired) electrons. The van der Waals surface area contributed by atoms with Crippen molar-refractivity contribution in [3.63, 3.8) is 0 Å². The van der Waals surface area contributed by atoms with Gasteiger partial charge < -0.3 is 13.3 Å². The Labute approximate surface area is 98.5 Å². The fraction of sp³-hybridized carbons (Fsp3) is 0.400. The summed E-state index contributed by atoms with van der Waals surface area (Å²) in [6.07, 6.45) is 0. The zero-order valence-corrected chi connectivity index (χ0v) is 10.7. The van der Waals surface area contributed by atoms with E-state index >= 15 is 0 Å². The lowest BCUT2D eigenvalue weighted by molar-refractivity contribution is 0.122. The summed E-state index contributed by atoms with van der Waals surface area (Å²) in [6.45, 7) is 0. The maximum Gasteiger partial charge on any atom is 0.504 e. The van der Waals surface area contributed by atoms with Gasteiger partial charge in [-0.1, -0.05) is 0 Å². The molecule has 1 rings (SSSR count). The van der Waals surface area contributed by atoms with Crippen LogP contribution >= 0.6 is 0 Å². The molecule has 96 valence electrons. The molecular weight excluding hydrogens is 253 g/mol. The first-order chi connectivity index (χ1) is 7.98. The van der Waals surface area contributed by atoms with Gasteiger partial charge in [-0.25, -0.2) is 13.2 Å². The molecular formula is C10H13F3O3Si. The number of benzene rings is 1. The SMILES string of the molecule is CO[Si](Cc1cc(F)c(F)c(F)c1)(OC)OC. The lowest BCUT2D eigenvalue weighted by Crippen LogP contribution is -2.45. The Bertz CT molecular complexity index is 365. The van der Waals surface area contributed by atoms with Crippen LogP contribution in [0.25, 0.3) is 0 Å². The highest BCUT2D eigenvalue weighted by Crippen LogP contribution is 2.19. The van der Waals surface area contributed by atoms with Crippen LogP contribution in [0.5, 0.6) is 0 Å². The van der Waals surface area contributed by atoms with Crippen LogP contribution < -0.4 is 0 Å². The molecule has 0 amide bonds. The lowest BCUT2D eigenvalue weighted by atomic mass is 10.2. The minimum atomic E-state index is -2.98. The second-order valence-electron chi connectivity index (χ2n) is 3.35. The van der Waals surface area contributed by atoms with Gasteiger partial charge in [0, 0.05) is 27.4 Å². The summed E-state index contributed by atoms with van der Waals surface area (Å²) in [5.74, 6) is -3.98. The van der Waals surface area contributed by atoms with Crippen LogP contribution in [0.2, 0.25) is 0 Å². The third-order valence-electron chi connectivity index (χ3n) is 2.40. The smallest absolute Gasteiger partial charge is 0.377 e. The predicted octanol–water partition coefficient (Wildman–Crippen LogP) is 2.06. The third kappa shape index (κ3) is 3.06. The van der Waals surface area contributed by atoms with E-state index in [1.165, 1.54) is 21.3 Å². The van der Waals surface area contributed by atoms with Gasteiger partial charge in [0.05, 0.1) is 0 Å². The maximum atomic E-state index is 13.0. The van der Waals surface area contributed by atoms with Crippen LogP contribution in [0.15, 0.2) is 12.1 Å². The standard InChI is InChI=1S/C10H13F3O3Si/c1-14-17(15-2,16-3)6-7-4-8(11)10(13)9(12)5-7/h4-5H,6H2,1-3H3. The molecule has 0 saturated carbocycles. The highest BCUT2D eigenvalue weighted by Gasteiger charge is 2.38. The average Bonchev–Trinajstić information content (AvgIpc) is 2.33. The van der Waals surface area contributed by atoms with Crippen LogP contribution in [0.1, 0.15) is 5.56 Å². The molecule has 0 heterocycles. The molecule has 0 aliphatic heterocycles. The van der Waals surface area contributed by atoms with E-state index in [1.54, 1.807) is 0 Å². The Hall–Kier alpha value is -0.893. The fourth-order valence-corrected chi connectivity index (χ4v) is 3.06. The molecule has 0 aliphatic carbocycles. The van der Waals surface area contributed by atoms with Gasteiger partial charge in [-0.15, -0.1) is 0 Å². The Morgan fingerprint density at radius 1 is 0.941 bits per heavy atom. The minimum Gasteiger partial charge on any atom is -0.377 e. The highest BCUT2D eigenvalue weighted by atomic mass is 28.4. The van der Waals surface area contributed by atoms with Gasteiger partial charge in [0.25, 0.3) is 0 Å². The third-order valence-corrected chi connectivity index (χ3v) is 5.10. The molecule has 3 nitrogen and oxygen atoms in total. The first-order valence-electron chi connectivity index (χ1n) is 4.77. The van der Waals surface area contributed by atoms with E-state index in [4.69, 9.17) is 13.3 Å². The molecule has 0 atom stereocenters. The predicted molar refractivity (Wildman–Crippen MR) is 56.8 cm³/mol. The molecule has 1 aromatic carbocycles. The van der Waals surface area contributed by atoms with Crippen molar-refractivity contribution in [1.82, 2.24) is 0 Å². The van der Waals surface area contributed by atoms with E-state index < -0.39 is 26.3 Å². The van der Waals surface area contributed by atoms with Crippen LogP contribution in [-0.2, 0) is 19.3 Å². The van der Waals surface area contributed by atoms with E-state index in [2.05, 4.69) is 0 Å². The van der Waals surface area contributed by atoms with Crippen LogP contribution in [-0.4, -0.2) is 30.1 Å². The zero-order valence-electron chi connectivity index (χ0n) is 9.72. The van der Waals surface area contributed by atoms with E-state index in [-0.39, 0.29) is 11.6 Å². The normalized spacial score (nSPS) is 11.9. The monoisotopic (exact) mass is 266 g/mol. The fourth-order valence-electron chi connectivity index (χ4n) is 1.43. The minimum absolute atomic E-state index is 0.0601. The van der Waals surface area contributed by atoms with Gasteiger partial charge in [0.1, 0.15) is 0 Å². The Balaban J connectivity index is 3.02. The van der Waals surface area contributed by atoms with Crippen molar-refractivity contribution in [1.29, 1.82) is 0 Å². The van der Waals surface area contributed by atoms with Gasteiger partial charge in [-0.3, -0.25) is 0 Å². The van der Waals surface area contributed by atoms with E-state index in [0.29, 0.717) is 0 Å². The quantitative estimate of drug-likeness (QED) is 0.603. The molecule has 0 unspecified atom stereocenters. The van der Waals surface area contributed by atoms with E-state index in [0.717, 1.165) is 12.1 Å². The molecule has 0 fully saturated rings. The molecule has 0 N–H and O–H groups in total. The average molecular weight is 266 g/mol. The van der Waals surface area contributed by atoms with Crippen molar-refractivity contribution in [2.24, 2.45) is 0 Å². The van der Waals surface area contributed by atoms with Gasteiger partial charge in [0.15, 0.2) is 17.5 Å². The van der Waals surface area contributed by atoms with Crippen molar-refractivity contribution in [3.8, 4) is 0 Å². The molecule has 0 saturated heterocycles. The first-order valence-corrected chi connectivity index (χ1v) is 6.70. The van der Waals surface area contributed by atoms with Gasteiger partial charge in [0.2, 0.25) is 0 Å². The second-order valence-corrected chi connectivity index (χ2v) is 6.29. The van der Waals surface area contributed by atoms with Crippen molar-refractivity contribution in [2.45, 2.75) is 6.04 Å². The molecule has 0 aromatic heterocycles. The van der Waals surface area contributed by atoms with Crippen LogP contribution in [0.3, 0.4) is 0 Å². The summed E-state index contributed by atoms with van der Waals surface area (Å²) in [6, 6.07) is 1.86.